The summed E-state index contributed by atoms with van der Waals surface area (Å²) in [6, 6.07) is 8.17. The summed E-state index contributed by atoms with van der Waals surface area (Å²) < 4.78 is 0. The van der Waals surface area contributed by atoms with E-state index in [-0.39, 0.29) is 6.61 Å². The van der Waals surface area contributed by atoms with Crippen molar-refractivity contribution in [1.82, 2.24) is 4.90 Å². The quantitative estimate of drug-likeness (QED) is 0.806. The lowest BCUT2D eigenvalue weighted by molar-refractivity contribution is 0.0679. The molecule has 19 heavy (non-hydrogen) atoms. The van der Waals surface area contributed by atoms with Gasteiger partial charge in [0.1, 0.15) is 0 Å². The van der Waals surface area contributed by atoms with Crippen molar-refractivity contribution in [3.05, 3.63) is 35.4 Å². The van der Waals surface area contributed by atoms with Crippen molar-refractivity contribution in [1.29, 1.82) is 0 Å². The van der Waals surface area contributed by atoms with Gasteiger partial charge >= 0.3 is 0 Å². The molecule has 1 aliphatic heterocycles. The number of likely N-dealkylation sites (tertiary alicyclic amines) is 1. The summed E-state index contributed by atoms with van der Waals surface area (Å²) in [5.41, 5.74) is 1.69. The van der Waals surface area contributed by atoms with Gasteiger partial charge in [0.05, 0.1) is 12.2 Å². The molecule has 0 bridgehead atoms. The fourth-order valence-electron chi connectivity index (χ4n) is 2.35. The van der Waals surface area contributed by atoms with Crippen LogP contribution < -0.4 is 0 Å². The summed E-state index contributed by atoms with van der Waals surface area (Å²) in [5.74, 6) is 5.93. The summed E-state index contributed by atoms with van der Waals surface area (Å²) in [6.45, 7) is 4.57. The molecule has 1 aliphatic rings. The Balaban J connectivity index is 1.91. The van der Waals surface area contributed by atoms with Crippen LogP contribution in [0, 0.1) is 11.8 Å². The minimum atomic E-state index is -0.532. The molecule has 0 aliphatic carbocycles. The van der Waals surface area contributed by atoms with Crippen LogP contribution in [0.4, 0.5) is 0 Å². The molecule has 1 atom stereocenters. The Bertz CT molecular complexity index is 468. The average Bonchev–Trinajstić information content (AvgIpc) is 2.71. The van der Waals surface area contributed by atoms with Gasteiger partial charge in [-0.05, 0) is 31.0 Å². The summed E-state index contributed by atoms with van der Waals surface area (Å²) >= 11 is 0. The highest BCUT2D eigenvalue weighted by atomic mass is 16.3. The van der Waals surface area contributed by atoms with Gasteiger partial charge in [-0.15, -0.1) is 0 Å². The lowest BCUT2D eigenvalue weighted by atomic mass is 10.1. The molecule has 0 spiro atoms. The SMILES string of the molecule is CC1(O)CCN(Cc2ccc(C#CCCO)cc2)C1. The average molecular weight is 259 g/mol. The molecular formula is C16H21NO2. The van der Waals surface area contributed by atoms with Crippen LogP contribution in [0.15, 0.2) is 24.3 Å². The molecule has 102 valence electrons. The first-order valence-corrected chi connectivity index (χ1v) is 6.72. The summed E-state index contributed by atoms with van der Waals surface area (Å²) in [4.78, 5) is 2.27. The van der Waals surface area contributed by atoms with E-state index in [9.17, 15) is 5.11 Å². The minimum absolute atomic E-state index is 0.111. The number of nitrogens with zero attached hydrogens (tertiary/aromatic N) is 1. The number of benzene rings is 1. The van der Waals surface area contributed by atoms with Gasteiger partial charge in [0, 0.05) is 31.6 Å². The zero-order valence-electron chi connectivity index (χ0n) is 11.4. The van der Waals surface area contributed by atoms with Crippen molar-refractivity contribution in [2.75, 3.05) is 19.7 Å². The van der Waals surface area contributed by atoms with Crippen molar-refractivity contribution in [2.45, 2.75) is 31.9 Å². The highest BCUT2D eigenvalue weighted by molar-refractivity contribution is 5.36. The maximum absolute atomic E-state index is 9.93. The molecule has 1 saturated heterocycles. The van der Waals surface area contributed by atoms with E-state index in [0.29, 0.717) is 6.42 Å². The van der Waals surface area contributed by atoms with Crippen molar-refractivity contribution in [2.24, 2.45) is 0 Å². The molecule has 1 heterocycles. The third kappa shape index (κ3) is 4.36. The normalized spacial score (nSPS) is 23.1. The second-order valence-corrected chi connectivity index (χ2v) is 5.43. The molecule has 2 rings (SSSR count). The highest BCUT2D eigenvalue weighted by Gasteiger charge is 2.30. The van der Waals surface area contributed by atoms with E-state index >= 15 is 0 Å². The van der Waals surface area contributed by atoms with Crippen LogP contribution in [0.1, 0.15) is 30.9 Å². The Kier molecular flexibility index (Phi) is 4.60. The van der Waals surface area contributed by atoms with Crippen molar-refractivity contribution in [3.63, 3.8) is 0 Å². The maximum Gasteiger partial charge on any atom is 0.0758 e. The number of β-amino-alcohol motifs (C(OH)–C–C–N with tert-alkyl or cyclic N) is 1. The predicted octanol–water partition coefficient (Wildman–Crippen LogP) is 1.38. The van der Waals surface area contributed by atoms with Crippen LogP contribution >= 0.6 is 0 Å². The van der Waals surface area contributed by atoms with Gasteiger partial charge in [-0.1, -0.05) is 24.0 Å². The third-order valence-electron chi connectivity index (χ3n) is 3.36. The number of hydrogen-bond donors (Lipinski definition) is 2. The molecule has 3 heteroatoms. The second kappa shape index (κ2) is 6.21. The van der Waals surface area contributed by atoms with Gasteiger partial charge < -0.3 is 10.2 Å². The minimum Gasteiger partial charge on any atom is -0.395 e. The molecule has 2 N–H and O–H groups in total. The van der Waals surface area contributed by atoms with E-state index in [1.165, 1.54) is 5.56 Å². The maximum atomic E-state index is 9.93. The monoisotopic (exact) mass is 259 g/mol. The molecule has 0 saturated carbocycles. The Hall–Kier alpha value is -1.34. The number of aliphatic hydroxyl groups excluding tert-OH is 1. The number of aliphatic hydroxyl groups is 2. The van der Waals surface area contributed by atoms with E-state index < -0.39 is 5.60 Å². The van der Waals surface area contributed by atoms with Gasteiger partial charge in [0.15, 0.2) is 0 Å². The largest absolute Gasteiger partial charge is 0.395 e. The Morgan fingerprint density at radius 1 is 1.32 bits per heavy atom. The van der Waals surface area contributed by atoms with E-state index in [1.807, 2.05) is 19.1 Å². The molecule has 1 aromatic rings. The van der Waals surface area contributed by atoms with E-state index in [0.717, 1.165) is 31.6 Å². The Morgan fingerprint density at radius 2 is 2.05 bits per heavy atom. The Labute approximate surface area is 114 Å². The van der Waals surface area contributed by atoms with Gasteiger partial charge in [0.2, 0.25) is 0 Å². The van der Waals surface area contributed by atoms with Crippen LogP contribution in [-0.2, 0) is 6.54 Å². The van der Waals surface area contributed by atoms with E-state index in [1.54, 1.807) is 0 Å². The lowest BCUT2D eigenvalue weighted by Crippen LogP contribution is -2.29. The topological polar surface area (TPSA) is 43.7 Å². The first kappa shape index (κ1) is 14.1. The van der Waals surface area contributed by atoms with Crippen LogP contribution in [-0.4, -0.2) is 40.4 Å². The van der Waals surface area contributed by atoms with Crippen LogP contribution in [0.5, 0.6) is 0 Å². The molecule has 1 aromatic carbocycles. The fraction of sp³-hybridized carbons (Fsp3) is 0.500. The molecule has 0 amide bonds. The summed E-state index contributed by atoms with van der Waals surface area (Å²) in [7, 11) is 0. The lowest BCUT2D eigenvalue weighted by Gasteiger charge is -2.18. The van der Waals surface area contributed by atoms with E-state index in [4.69, 9.17) is 5.11 Å². The van der Waals surface area contributed by atoms with Crippen molar-refractivity contribution in [3.8, 4) is 11.8 Å². The molecular weight excluding hydrogens is 238 g/mol. The zero-order chi connectivity index (χ0) is 13.7. The zero-order valence-corrected chi connectivity index (χ0v) is 11.4. The van der Waals surface area contributed by atoms with Crippen LogP contribution in [0.25, 0.3) is 0 Å². The highest BCUT2D eigenvalue weighted by Crippen LogP contribution is 2.21. The summed E-state index contributed by atoms with van der Waals surface area (Å²) in [5, 5.41) is 18.6. The van der Waals surface area contributed by atoms with Crippen molar-refractivity contribution >= 4 is 0 Å². The first-order valence-electron chi connectivity index (χ1n) is 6.72. The molecule has 3 nitrogen and oxygen atoms in total. The van der Waals surface area contributed by atoms with Crippen LogP contribution in [0.2, 0.25) is 0 Å². The van der Waals surface area contributed by atoms with Gasteiger partial charge in [-0.25, -0.2) is 0 Å². The molecule has 0 aromatic heterocycles. The number of hydrogen-bond acceptors (Lipinski definition) is 3. The molecule has 0 radical (unpaired) electrons. The summed E-state index contributed by atoms with van der Waals surface area (Å²) in [6.07, 6.45) is 1.36. The smallest absolute Gasteiger partial charge is 0.0758 e. The number of rotatable bonds is 3. The second-order valence-electron chi connectivity index (χ2n) is 5.43. The predicted molar refractivity (Wildman–Crippen MR) is 75.5 cm³/mol. The Morgan fingerprint density at radius 3 is 2.63 bits per heavy atom. The van der Waals surface area contributed by atoms with Gasteiger partial charge in [0.25, 0.3) is 0 Å². The van der Waals surface area contributed by atoms with Gasteiger partial charge in [-0.2, -0.15) is 0 Å². The van der Waals surface area contributed by atoms with Crippen LogP contribution in [0.3, 0.4) is 0 Å². The van der Waals surface area contributed by atoms with Gasteiger partial charge in [-0.3, -0.25) is 4.90 Å². The fourth-order valence-corrected chi connectivity index (χ4v) is 2.35. The van der Waals surface area contributed by atoms with E-state index in [2.05, 4.69) is 28.9 Å². The first-order chi connectivity index (χ1) is 9.09. The third-order valence-corrected chi connectivity index (χ3v) is 3.36. The molecule has 1 fully saturated rings. The molecule has 1 unspecified atom stereocenters. The van der Waals surface area contributed by atoms with Crippen molar-refractivity contribution < 1.29 is 10.2 Å². The standard InChI is InChI=1S/C16H21NO2/c1-16(19)9-10-17(13-16)12-15-7-5-14(6-8-15)4-2-3-11-18/h5-8,18-19H,3,9-13H2,1H3.